The zero-order valence-electron chi connectivity index (χ0n) is 14.0. The number of sulfonamides is 1. The van der Waals surface area contributed by atoms with Gasteiger partial charge in [-0.2, -0.15) is 5.10 Å². The topological polar surface area (TPSA) is 74.8 Å². The van der Waals surface area contributed by atoms with E-state index in [-0.39, 0.29) is 4.21 Å². The highest BCUT2D eigenvalue weighted by molar-refractivity contribution is 7.94. The molecule has 126 valence electrons. The molecule has 0 amide bonds. The summed E-state index contributed by atoms with van der Waals surface area (Å²) in [6, 6.07) is 9.23. The summed E-state index contributed by atoms with van der Waals surface area (Å²) in [6.45, 7) is 7.72. The van der Waals surface area contributed by atoms with Crippen LogP contribution in [-0.2, 0) is 10.0 Å². The number of anilines is 1. The average Bonchev–Trinajstić information content (AvgIpc) is 3.11. The quantitative estimate of drug-likeness (QED) is 0.732. The van der Waals surface area contributed by atoms with E-state index in [1.807, 2.05) is 45.9 Å². The number of hydrogen-bond acceptors (Lipinski definition) is 4. The van der Waals surface area contributed by atoms with E-state index in [1.54, 1.807) is 12.1 Å². The third-order valence-electron chi connectivity index (χ3n) is 3.72. The van der Waals surface area contributed by atoms with Crippen LogP contribution in [0.1, 0.15) is 22.4 Å². The number of nitrogens with zero attached hydrogens (tertiary/aromatic N) is 1. The number of nitrogens with one attached hydrogen (secondary N) is 2. The summed E-state index contributed by atoms with van der Waals surface area (Å²) < 4.78 is 28.4. The highest BCUT2D eigenvalue weighted by Gasteiger charge is 2.20. The molecule has 0 unspecified atom stereocenters. The molecule has 3 aromatic rings. The van der Waals surface area contributed by atoms with E-state index in [9.17, 15) is 8.42 Å². The van der Waals surface area contributed by atoms with Gasteiger partial charge in [-0.15, -0.1) is 11.3 Å². The van der Waals surface area contributed by atoms with Gasteiger partial charge in [0.2, 0.25) is 0 Å². The number of H-pyrrole nitrogens is 1. The minimum Gasteiger partial charge on any atom is -0.282 e. The molecule has 0 radical (unpaired) electrons. The number of thiophene rings is 1. The van der Waals surface area contributed by atoms with E-state index >= 15 is 0 Å². The Morgan fingerprint density at radius 3 is 2.29 bits per heavy atom. The van der Waals surface area contributed by atoms with Crippen LogP contribution in [-0.4, -0.2) is 18.6 Å². The van der Waals surface area contributed by atoms with E-state index in [0.717, 1.165) is 33.0 Å². The van der Waals surface area contributed by atoms with Gasteiger partial charge in [0.15, 0.2) is 0 Å². The molecular weight excluding hydrogens is 342 g/mol. The lowest BCUT2D eigenvalue weighted by atomic mass is 10.1. The molecule has 0 aliphatic heterocycles. The summed E-state index contributed by atoms with van der Waals surface area (Å²) >= 11 is 1.21. The number of aromatic amines is 1. The molecule has 2 N–H and O–H groups in total. The van der Waals surface area contributed by atoms with Crippen molar-refractivity contribution >= 4 is 27.0 Å². The van der Waals surface area contributed by atoms with Gasteiger partial charge < -0.3 is 0 Å². The summed E-state index contributed by atoms with van der Waals surface area (Å²) in [6.07, 6.45) is 0. The maximum absolute atomic E-state index is 12.7. The Hall–Kier alpha value is -2.12. The smallest absolute Gasteiger partial charge is 0.271 e. The number of rotatable bonds is 4. The Morgan fingerprint density at radius 1 is 1.04 bits per heavy atom. The Bertz CT molecular complexity index is 978. The van der Waals surface area contributed by atoms with Gasteiger partial charge in [0.25, 0.3) is 10.0 Å². The van der Waals surface area contributed by atoms with Gasteiger partial charge in [0, 0.05) is 5.69 Å². The lowest BCUT2D eigenvalue weighted by molar-refractivity contribution is 0.603. The predicted molar refractivity (Wildman–Crippen MR) is 98.1 cm³/mol. The van der Waals surface area contributed by atoms with Crippen molar-refractivity contribution in [2.75, 3.05) is 4.72 Å². The van der Waals surface area contributed by atoms with Gasteiger partial charge >= 0.3 is 0 Å². The van der Waals surface area contributed by atoms with Crippen LogP contribution in [0.25, 0.3) is 10.6 Å². The molecule has 0 aliphatic rings. The van der Waals surface area contributed by atoms with E-state index in [1.165, 1.54) is 11.3 Å². The third-order valence-corrected chi connectivity index (χ3v) is 6.67. The molecule has 0 atom stereocenters. The van der Waals surface area contributed by atoms with Crippen LogP contribution in [0.15, 0.2) is 34.5 Å². The molecule has 0 bridgehead atoms. The molecular formula is C17H19N3O2S2. The number of aryl methyl sites for hydroxylation is 4. The van der Waals surface area contributed by atoms with E-state index in [0.29, 0.717) is 5.69 Å². The molecule has 0 spiro atoms. The van der Waals surface area contributed by atoms with Crippen LogP contribution in [0.5, 0.6) is 0 Å². The van der Waals surface area contributed by atoms with Gasteiger partial charge in [-0.05, 0) is 57.0 Å². The minimum absolute atomic E-state index is 0.275. The fourth-order valence-corrected chi connectivity index (χ4v) is 5.14. The fraction of sp³-hybridized carbons (Fsp3) is 0.235. The SMILES string of the molecule is Cc1cc(C)c(NS(=O)(=O)c2ccc(-c3cc(C)[nH]n3)s2)c(C)c1. The normalized spacial score (nSPS) is 11.7. The molecule has 3 rings (SSSR count). The molecule has 2 heterocycles. The minimum atomic E-state index is -3.62. The van der Waals surface area contributed by atoms with Crippen molar-refractivity contribution in [3.8, 4) is 10.6 Å². The Morgan fingerprint density at radius 2 is 1.71 bits per heavy atom. The van der Waals surface area contributed by atoms with Crippen LogP contribution in [0.3, 0.4) is 0 Å². The molecule has 24 heavy (non-hydrogen) atoms. The second-order valence-electron chi connectivity index (χ2n) is 5.93. The molecule has 1 aromatic carbocycles. The zero-order chi connectivity index (χ0) is 17.5. The summed E-state index contributed by atoms with van der Waals surface area (Å²) in [5.41, 5.74) is 5.27. The molecule has 0 saturated carbocycles. The zero-order valence-corrected chi connectivity index (χ0v) is 15.6. The predicted octanol–water partition coefficient (Wildman–Crippen LogP) is 4.17. The average molecular weight is 361 g/mol. The largest absolute Gasteiger partial charge is 0.282 e. The first kappa shape index (κ1) is 16.7. The Labute approximate surface area is 145 Å². The second-order valence-corrected chi connectivity index (χ2v) is 8.93. The highest BCUT2D eigenvalue weighted by Crippen LogP contribution is 2.32. The number of aromatic nitrogens is 2. The van der Waals surface area contributed by atoms with Crippen LogP contribution in [0, 0.1) is 27.7 Å². The van der Waals surface area contributed by atoms with Gasteiger partial charge in [0.1, 0.15) is 9.90 Å². The van der Waals surface area contributed by atoms with Gasteiger partial charge in [-0.3, -0.25) is 9.82 Å². The van der Waals surface area contributed by atoms with Crippen molar-refractivity contribution in [1.29, 1.82) is 0 Å². The van der Waals surface area contributed by atoms with Crippen molar-refractivity contribution in [2.24, 2.45) is 0 Å². The van der Waals surface area contributed by atoms with Crippen molar-refractivity contribution in [3.63, 3.8) is 0 Å². The molecule has 5 nitrogen and oxygen atoms in total. The maximum Gasteiger partial charge on any atom is 0.271 e. The van der Waals surface area contributed by atoms with E-state index in [4.69, 9.17) is 0 Å². The standard InChI is InChI=1S/C17H19N3O2S2/c1-10-7-11(2)17(12(3)8-10)20-24(21,22)16-6-5-15(23-16)14-9-13(4)18-19-14/h5-9,20H,1-4H3,(H,18,19). The molecule has 0 fully saturated rings. The van der Waals surface area contributed by atoms with Gasteiger partial charge in [0.05, 0.1) is 10.6 Å². The highest BCUT2D eigenvalue weighted by atomic mass is 32.2. The van der Waals surface area contributed by atoms with Crippen molar-refractivity contribution in [2.45, 2.75) is 31.9 Å². The first-order valence-corrected chi connectivity index (χ1v) is 9.79. The summed E-state index contributed by atoms with van der Waals surface area (Å²) in [4.78, 5) is 0.817. The molecule has 2 aromatic heterocycles. The second kappa shape index (κ2) is 6.07. The Kier molecular flexibility index (Phi) is 4.23. The van der Waals surface area contributed by atoms with Crippen LogP contribution < -0.4 is 4.72 Å². The molecule has 0 saturated heterocycles. The van der Waals surface area contributed by atoms with E-state index < -0.39 is 10.0 Å². The Balaban J connectivity index is 1.93. The first-order valence-electron chi connectivity index (χ1n) is 7.49. The maximum atomic E-state index is 12.7. The van der Waals surface area contributed by atoms with Gasteiger partial charge in [-0.1, -0.05) is 17.7 Å². The molecule has 7 heteroatoms. The lowest BCUT2D eigenvalue weighted by Crippen LogP contribution is -2.13. The number of hydrogen-bond donors (Lipinski definition) is 2. The van der Waals surface area contributed by atoms with Crippen molar-refractivity contribution in [3.05, 3.63) is 52.7 Å². The van der Waals surface area contributed by atoms with Gasteiger partial charge in [-0.25, -0.2) is 8.42 Å². The summed E-state index contributed by atoms with van der Waals surface area (Å²) in [5.74, 6) is 0. The van der Waals surface area contributed by atoms with Crippen molar-refractivity contribution in [1.82, 2.24) is 10.2 Å². The van der Waals surface area contributed by atoms with Crippen LogP contribution in [0.4, 0.5) is 5.69 Å². The summed E-state index contributed by atoms with van der Waals surface area (Å²) in [5, 5.41) is 7.04. The van der Waals surface area contributed by atoms with E-state index in [2.05, 4.69) is 14.9 Å². The monoisotopic (exact) mass is 361 g/mol. The number of benzene rings is 1. The first-order chi connectivity index (χ1) is 11.3. The lowest BCUT2D eigenvalue weighted by Gasteiger charge is -2.13. The fourth-order valence-electron chi connectivity index (χ4n) is 2.67. The van der Waals surface area contributed by atoms with Crippen molar-refractivity contribution < 1.29 is 8.42 Å². The molecule has 0 aliphatic carbocycles. The summed E-state index contributed by atoms with van der Waals surface area (Å²) in [7, 11) is -3.62. The van der Waals surface area contributed by atoms with Crippen LogP contribution >= 0.6 is 11.3 Å². The third kappa shape index (κ3) is 3.22. The van der Waals surface area contributed by atoms with Crippen LogP contribution in [0.2, 0.25) is 0 Å².